The van der Waals surface area contributed by atoms with Crippen LogP contribution in [0.2, 0.25) is 0 Å². The van der Waals surface area contributed by atoms with Crippen molar-refractivity contribution < 1.29 is 14.3 Å². The maximum atomic E-state index is 11.5. The standard InChI is InChI=1S/C16H24N2O3/c1-13(2)8-10-17-16(20)12-18-15(19)9-11-21-14-6-4-3-5-7-14/h3-7,13H,8-12H2,1-2H3,(H,17,20)(H,18,19). The van der Waals surface area contributed by atoms with Gasteiger partial charge in [0.05, 0.1) is 19.6 Å². The second-order valence-corrected chi connectivity index (χ2v) is 5.22. The molecular formula is C16H24N2O3. The lowest BCUT2D eigenvalue weighted by Gasteiger charge is -2.09. The van der Waals surface area contributed by atoms with Gasteiger partial charge in [-0.3, -0.25) is 9.59 Å². The first-order valence-electron chi connectivity index (χ1n) is 7.29. The van der Waals surface area contributed by atoms with Crippen LogP contribution in [0.15, 0.2) is 30.3 Å². The Hall–Kier alpha value is -2.04. The molecule has 2 N–H and O–H groups in total. The number of amides is 2. The molecule has 5 nitrogen and oxygen atoms in total. The summed E-state index contributed by atoms with van der Waals surface area (Å²) in [4.78, 5) is 23.0. The van der Waals surface area contributed by atoms with Gasteiger partial charge in [0, 0.05) is 6.54 Å². The zero-order valence-corrected chi connectivity index (χ0v) is 12.7. The third-order valence-corrected chi connectivity index (χ3v) is 2.83. The summed E-state index contributed by atoms with van der Waals surface area (Å²) >= 11 is 0. The van der Waals surface area contributed by atoms with E-state index in [1.54, 1.807) is 0 Å². The Morgan fingerprint density at radius 3 is 2.48 bits per heavy atom. The van der Waals surface area contributed by atoms with Crippen LogP contribution in [0.25, 0.3) is 0 Å². The zero-order valence-electron chi connectivity index (χ0n) is 12.7. The van der Waals surface area contributed by atoms with Crippen molar-refractivity contribution in [3.05, 3.63) is 30.3 Å². The summed E-state index contributed by atoms with van der Waals surface area (Å²) in [7, 11) is 0. The van der Waals surface area contributed by atoms with E-state index in [0.717, 1.165) is 12.2 Å². The van der Waals surface area contributed by atoms with Gasteiger partial charge >= 0.3 is 0 Å². The number of hydrogen-bond donors (Lipinski definition) is 2. The predicted octanol–water partition coefficient (Wildman–Crippen LogP) is 1.73. The summed E-state index contributed by atoms with van der Waals surface area (Å²) < 4.78 is 5.41. The summed E-state index contributed by atoms with van der Waals surface area (Å²) in [5.74, 6) is 0.935. The molecule has 0 bridgehead atoms. The highest BCUT2D eigenvalue weighted by molar-refractivity contribution is 5.84. The molecule has 0 atom stereocenters. The highest BCUT2D eigenvalue weighted by atomic mass is 16.5. The maximum absolute atomic E-state index is 11.5. The first-order chi connectivity index (χ1) is 10.1. The van der Waals surface area contributed by atoms with E-state index in [2.05, 4.69) is 24.5 Å². The van der Waals surface area contributed by atoms with E-state index in [0.29, 0.717) is 19.1 Å². The molecule has 2 amide bonds. The molecule has 0 spiro atoms. The van der Waals surface area contributed by atoms with Gasteiger partial charge in [0.1, 0.15) is 5.75 Å². The molecule has 1 aromatic rings. The third kappa shape index (κ3) is 8.68. The van der Waals surface area contributed by atoms with Gasteiger partial charge in [-0.25, -0.2) is 0 Å². The maximum Gasteiger partial charge on any atom is 0.239 e. The van der Waals surface area contributed by atoms with Crippen molar-refractivity contribution in [3.63, 3.8) is 0 Å². The van der Waals surface area contributed by atoms with E-state index in [1.807, 2.05) is 30.3 Å². The molecule has 0 aliphatic carbocycles. The number of carbonyl (C=O) groups is 2. The van der Waals surface area contributed by atoms with Crippen LogP contribution in [0.5, 0.6) is 5.75 Å². The summed E-state index contributed by atoms with van der Waals surface area (Å²) in [6.45, 7) is 5.15. The smallest absolute Gasteiger partial charge is 0.239 e. The van der Waals surface area contributed by atoms with E-state index in [9.17, 15) is 9.59 Å². The average Bonchev–Trinajstić information content (AvgIpc) is 2.46. The summed E-state index contributed by atoms with van der Waals surface area (Å²) in [6, 6.07) is 9.31. The highest BCUT2D eigenvalue weighted by Gasteiger charge is 2.05. The zero-order chi connectivity index (χ0) is 15.5. The second-order valence-electron chi connectivity index (χ2n) is 5.22. The Morgan fingerprint density at radius 1 is 1.10 bits per heavy atom. The molecule has 0 aliphatic rings. The largest absolute Gasteiger partial charge is 0.493 e. The number of rotatable bonds is 9. The van der Waals surface area contributed by atoms with Crippen LogP contribution in [0.4, 0.5) is 0 Å². The lowest BCUT2D eigenvalue weighted by Crippen LogP contribution is -2.37. The number of ether oxygens (including phenoxy) is 1. The van der Waals surface area contributed by atoms with Crippen molar-refractivity contribution in [2.24, 2.45) is 5.92 Å². The SMILES string of the molecule is CC(C)CCNC(=O)CNC(=O)CCOc1ccccc1. The molecule has 1 aromatic carbocycles. The molecule has 0 aliphatic heterocycles. The van der Waals surface area contributed by atoms with Crippen LogP contribution < -0.4 is 15.4 Å². The molecule has 1 rings (SSSR count). The molecular weight excluding hydrogens is 268 g/mol. The van der Waals surface area contributed by atoms with Gasteiger partial charge in [0.2, 0.25) is 11.8 Å². The fourth-order valence-corrected chi connectivity index (χ4v) is 1.61. The van der Waals surface area contributed by atoms with Crippen LogP contribution in [0.3, 0.4) is 0 Å². The Balaban J connectivity index is 2.07. The average molecular weight is 292 g/mol. The minimum Gasteiger partial charge on any atom is -0.493 e. The Labute approximate surface area is 126 Å². The molecule has 0 radical (unpaired) electrons. The third-order valence-electron chi connectivity index (χ3n) is 2.83. The first-order valence-corrected chi connectivity index (χ1v) is 7.29. The normalized spacial score (nSPS) is 10.2. The van der Waals surface area contributed by atoms with Gasteiger partial charge in [0.15, 0.2) is 0 Å². The van der Waals surface area contributed by atoms with Crippen LogP contribution in [-0.2, 0) is 9.59 Å². The van der Waals surface area contributed by atoms with Crippen molar-refractivity contribution in [1.29, 1.82) is 0 Å². The molecule has 21 heavy (non-hydrogen) atoms. The molecule has 0 heterocycles. The fourth-order valence-electron chi connectivity index (χ4n) is 1.61. The van der Waals surface area contributed by atoms with E-state index in [-0.39, 0.29) is 24.8 Å². The monoisotopic (exact) mass is 292 g/mol. The van der Waals surface area contributed by atoms with Gasteiger partial charge in [-0.2, -0.15) is 0 Å². The van der Waals surface area contributed by atoms with Crippen molar-refractivity contribution in [3.8, 4) is 5.75 Å². The van der Waals surface area contributed by atoms with E-state index >= 15 is 0 Å². The van der Waals surface area contributed by atoms with Gasteiger partial charge in [-0.15, -0.1) is 0 Å². The number of hydrogen-bond acceptors (Lipinski definition) is 3. The van der Waals surface area contributed by atoms with Crippen LogP contribution in [0.1, 0.15) is 26.7 Å². The van der Waals surface area contributed by atoms with E-state index in [1.165, 1.54) is 0 Å². The minimum atomic E-state index is -0.190. The highest BCUT2D eigenvalue weighted by Crippen LogP contribution is 2.08. The second kappa shape index (κ2) is 9.80. The molecule has 0 saturated heterocycles. The van der Waals surface area contributed by atoms with Gasteiger partial charge < -0.3 is 15.4 Å². The molecule has 5 heteroatoms. The minimum absolute atomic E-state index is 0.0161. The van der Waals surface area contributed by atoms with E-state index in [4.69, 9.17) is 4.74 Å². The lowest BCUT2D eigenvalue weighted by molar-refractivity contribution is -0.126. The van der Waals surface area contributed by atoms with Crippen LogP contribution in [-0.4, -0.2) is 31.5 Å². The van der Waals surface area contributed by atoms with Gasteiger partial charge in [-0.05, 0) is 24.5 Å². The molecule has 0 unspecified atom stereocenters. The topological polar surface area (TPSA) is 67.4 Å². The summed E-state index contributed by atoms with van der Waals surface area (Å²) in [5, 5.41) is 5.34. The van der Waals surface area contributed by atoms with Crippen molar-refractivity contribution in [2.45, 2.75) is 26.7 Å². The number of benzene rings is 1. The van der Waals surface area contributed by atoms with Gasteiger partial charge in [-0.1, -0.05) is 32.0 Å². The summed E-state index contributed by atoms with van der Waals surface area (Å²) in [5.41, 5.74) is 0. The Morgan fingerprint density at radius 2 is 1.81 bits per heavy atom. The molecule has 0 aromatic heterocycles. The summed E-state index contributed by atoms with van der Waals surface area (Å²) in [6.07, 6.45) is 1.17. The number of carbonyl (C=O) groups excluding carboxylic acids is 2. The molecule has 116 valence electrons. The van der Waals surface area contributed by atoms with Crippen molar-refractivity contribution in [1.82, 2.24) is 10.6 Å². The molecule has 0 fully saturated rings. The Bertz CT molecular complexity index is 432. The van der Waals surface area contributed by atoms with Crippen molar-refractivity contribution in [2.75, 3.05) is 19.7 Å². The number of para-hydroxylation sites is 1. The van der Waals surface area contributed by atoms with Gasteiger partial charge in [0.25, 0.3) is 0 Å². The predicted molar refractivity (Wildman–Crippen MR) is 82.0 cm³/mol. The first kappa shape index (κ1) is 17.0. The van der Waals surface area contributed by atoms with Crippen LogP contribution >= 0.6 is 0 Å². The van der Waals surface area contributed by atoms with Crippen molar-refractivity contribution >= 4 is 11.8 Å². The molecule has 0 saturated carbocycles. The Kier molecular flexibility index (Phi) is 7.94. The fraction of sp³-hybridized carbons (Fsp3) is 0.500. The van der Waals surface area contributed by atoms with E-state index < -0.39 is 0 Å². The van der Waals surface area contributed by atoms with Crippen LogP contribution in [0, 0.1) is 5.92 Å². The number of nitrogens with one attached hydrogen (secondary N) is 2. The quantitative estimate of drug-likeness (QED) is 0.728. The lowest BCUT2D eigenvalue weighted by atomic mass is 10.1.